The molecule has 5 heteroatoms. The smallest absolute Gasteiger partial charge is 0.262 e. The molecule has 2 aromatic heterocycles. The van der Waals surface area contributed by atoms with E-state index in [2.05, 4.69) is 15.9 Å². The van der Waals surface area contributed by atoms with Crippen LogP contribution in [0.4, 0.5) is 0 Å². The summed E-state index contributed by atoms with van der Waals surface area (Å²) in [5, 5.41) is 0. The molecule has 0 saturated heterocycles. The predicted molar refractivity (Wildman–Crippen MR) is 71.6 cm³/mol. The van der Waals surface area contributed by atoms with Crippen LogP contribution in [0.5, 0.6) is 5.75 Å². The fraction of sp³-hybridized carbons (Fsp3) is 0.0714. The fourth-order valence-corrected chi connectivity index (χ4v) is 2.26. The van der Waals surface area contributed by atoms with Crippen LogP contribution >= 0.6 is 15.9 Å². The second-order valence-corrected chi connectivity index (χ2v) is 4.81. The normalized spacial score (nSPS) is 10.2. The maximum absolute atomic E-state index is 5.77. The highest BCUT2D eigenvalue weighted by Crippen LogP contribution is 2.32. The highest BCUT2D eigenvalue weighted by atomic mass is 79.9. The number of hydrogen-bond acceptors (Lipinski definition) is 2. The van der Waals surface area contributed by atoms with Gasteiger partial charge in [0.25, 0.3) is 5.52 Å². The van der Waals surface area contributed by atoms with Crippen molar-refractivity contribution in [3.63, 3.8) is 0 Å². The van der Waals surface area contributed by atoms with Gasteiger partial charge >= 0.3 is 0 Å². The Morgan fingerprint density at radius 3 is 2.74 bits per heavy atom. The molecule has 0 saturated carbocycles. The minimum Gasteiger partial charge on any atom is -1.00 e. The second kappa shape index (κ2) is 5.75. The number of methoxy groups -OCH3 is 1. The summed E-state index contributed by atoms with van der Waals surface area (Å²) in [7, 11) is 1.66. The van der Waals surface area contributed by atoms with Gasteiger partial charge in [0.2, 0.25) is 12.0 Å². The minimum atomic E-state index is 0. The van der Waals surface area contributed by atoms with Crippen molar-refractivity contribution in [2.75, 3.05) is 7.11 Å². The zero-order valence-electron chi connectivity index (χ0n) is 10.1. The number of halogens is 2. The van der Waals surface area contributed by atoms with E-state index in [9.17, 15) is 0 Å². The van der Waals surface area contributed by atoms with Gasteiger partial charge in [0.15, 0.2) is 0 Å². The minimum absolute atomic E-state index is 0. The Hall–Kier alpha value is -1.33. The first-order valence-corrected chi connectivity index (χ1v) is 6.32. The Balaban J connectivity index is 0.00000133. The quantitative estimate of drug-likeness (QED) is 0.600. The van der Waals surface area contributed by atoms with Crippen molar-refractivity contribution < 1.29 is 30.8 Å². The average Bonchev–Trinajstić information content (AvgIpc) is 2.82. The highest BCUT2D eigenvalue weighted by Gasteiger charge is 2.16. The summed E-state index contributed by atoms with van der Waals surface area (Å²) in [6, 6.07) is 13.7. The molecule has 0 unspecified atom stereocenters. The van der Waals surface area contributed by atoms with E-state index in [4.69, 9.17) is 9.26 Å². The summed E-state index contributed by atoms with van der Waals surface area (Å²) in [6.45, 7) is 0. The third-order valence-corrected chi connectivity index (χ3v) is 3.25. The topological polar surface area (TPSA) is 26.5 Å². The number of rotatable bonds is 2. The summed E-state index contributed by atoms with van der Waals surface area (Å²) in [5.41, 5.74) is 1.94. The number of nitrogens with zero attached hydrogens (tertiary/aromatic N) is 1. The van der Waals surface area contributed by atoms with Crippen LogP contribution in [0.2, 0.25) is 0 Å². The van der Waals surface area contributed by atoms with Gasteiger partial charge in [-0.15, -0.1) is 0 Å². The van der Waals surface area contributed by atoms with Gasteiger partial charge in [0, 0.05) is 21.2 Å². The number of hydrogen-bond donors (Lipinski definition) is 0. The first kappa shape index (κ1) is 14.1. The molecule has 3 aromatic rings. The molecular weight excluding hydrogens is 374 g/mol. The van der Waals surface area contributed by atoms with Crippen LogP contribution in [0.1, 0.15) is 0 Å². The van der Waals surface area contributed by atoms with Gasteiger partial charge in [-0.25, -0.2) is 4.52 Å². The van der Waals surface area contributed by atoms with Gasteiger partial charge in [-0.05, 0) is 24.3 Å². The van der Waals surface area contributed by atoms with Gasteiger partial charge in [-0.2, -0.15) is 0 Å². The molecule has 3 rings (SSSR count). The fourth-order valence-electron chi connectivity index (χ4n) is 1.90. The lowest BCUT2D eigenvalue weighted by molar-refractivity contribution is -0.714. The Kier molecular flexibility index (Phi) is 4.27. The largest absolute Gasteiger partial charge is 1.00 e. The van der Waals surface area contributed by atoms with Gasteiger partial charge < -0.3 is 21.7 Å². The van der Waals surface area contributed by atoms with Gasteiger partial charge in [0.05, 0.1) is 18.7 Å². The molecule has 0 aliphatic heterocycles. The number of ether oxygens (including phenoxy) is 1. The molecule has 0 aliphatic carbocycles. The molecule has 0 aliphatic rings. The van der Waals surface area contributed by atoms with Gasteiger partial charge in [-0.1, -0.05) is 15.9 Å². The van der Waals surface area contributed by atoms with Crippen LogP contribution in [-0.4, -0.2) is 7.11 Å². The van der Waals surface area contributed by atoms with E-state index >= 15 is 0 Å². The monoisotopic (exact) mass is 383 g/mol. The third-order valence-electron chi connectivity index (χ3n) is 2.76. The third kappa shape index (κ3) is 2.67. The van der Waals surface area contributed by atoms with Crippen LogP contribution in [0.25, 0.3) is 16.8 Å². The van der Waals surface area contributed by atoms with E-state index in [0.29, 0.717) is 0 Å². The Morgan fingerprint density at radius 2 is 2.00 bits per heavy atom. The number of pyridine rings is 1. The van der Waals surface area contributed by atoms with Crippen LogP contribution in [0.15, 0.2) is 57.7 Å². The standard InChI is InChI=1S/C14H11BrNO2.BrH/c1-17-13-6-5-10(15)8-12(13)14-9-11-4-2-3-7-16(11)18-14;/h2-9H,1H3;1H/q+1;/p-1. The van der Waals surface area contributed by atoms with Gasteiger partial charge in [0.1, 0.15) is 5.75 Å². The zero-order chi connectivity index (χ0) is 12.5. The molecule has 98 valence electrons. The van der Waals surface area contributed by atoms with E-state index in [1.165, 1.54) is 0 Å². The summed E-state index contributed by atoms with van der Waals surface area (Å²) >= 11 is 3.46. The lowest BCUT2D eigenvalue weighted by atomic mass is 10.1. The number of fused-ring (bicyclic) bond motifs is 1. The average molecular weight is 385 g/mol. The predicted octanol–water partition coefficient (Wildman–Crippen LogP) is 0.460. The van der Waals surface area contributed by atoms with E-state index in [1.54, 1.807) is 11.7 Å². The van der Waals surface area contributed by atoms with Gasteiger partial charge in [-0.3, -0.25) is 0 Å². The Morgan fingerprint density at radius 1 is 1.16 bits per heavy atom. The van der Waals surface area contributed by atoms with Crippen molar-refractivity contribution >= 4 is 21.4 Å². The number of benzene rings is 1. The summed E-state index contributed by atoms with van der Waals surface area (Å²) in [5.74, 6) is 1.57. The van der Waals surface area contributed by atoms with E-state index in [1.807, 2.05) is 48.7 Å². The SMILES string of the molecule is COc1ccc(Br)cc1-c1cc2cccc[n+]2o1.[Br-]. The molecule has 0 fully saturated rings. The van der Waals surface area contributed by atoms with Crippen molar-refractivity contribution in [2.45, 2.75) is 0 Å². The van der Waals surface area contributed by atoms with Crippen LogP contribution in [0.3, 0.4) is 0 Å². The molecule has 0 spiro atoms. The molecule has 2 heterocycles. The first-order valence-electron chi connectivity index (χ1n) is 5.52. The summed E-state index contributed by atoms with van der Waals surface area (Å²) in [4.78, 5) is 0. The molecule has 1 aromatic carbocycles. The molecule has 0 bridgehead atoms. The number of aromatic nitrogens is 1. The van der Waals surface area contributed by atoms with Crippen LogP contribution in [0, 0.1) is 0 Å². The molecule has 19 heavy (non-hydrogen) atoms. The molecule has 0 atom stereocenters. The molecule has 0 amide bonds. The molecular formula is C14H11Br2NO2. The summed E-state index contributed by atoms with van der Waals surface area (Å²) in [6.07, 6.45) is 1.88. The highest BCUT2D eigenvalue weighted by molar-refractivity contribution is 9.10. The van der Waals surface area contributed by atoms with E-state index < -0.39 is 0 Å². The van der Waals surface area contributed by atoms with Crippen molar-refractivity contribution in [1.29, 1.82) is 0 Å². The zero-order valence-corrected chi connectivity index (χ0v) is 13.3. The van der Waals surface area contributed by atoms with E-state index in [-0.39, 0.29) is 17.0 Å². The lowest BCUT2D eigenvalue weighted by Gasteiger charge is -2.04. The first-order chi connectivity index (χ1) is 8.78. The van der Waals surface area contributed by atoms with Crippen LogP contribution in [-0.2, 0) is 0 Å². The maximum Gasteiger partial charge on any atom is 0.262 e. The molecule has 0 radical (unpaired) electrons. The molecule has 0 N–H and O–H groups in total. The second-order valence-electron chi connectivity index (χ2n) is 3.90. The Bertz CT molecular complexity index is 676. The molecule has 3 nitrogen and oxygen atoms in total. The van der Waals surface area contributed by atoms with Crippen LogP contribution < -0.4 is 26.3 Å². The lowest BCUT2D eigenvalue weighted by Crippen LogP contribution is -3.00. The van der Waals surface area contributed by atoms with Crippen molar-refractivity contribution in [2.24, 2.45) is 0 Å². The van der Waals surface area contributed by atoms with Crippen molar-refractivity contribution in [3.8, 4) is 17.1 Å². The van der Waals surface area contributed by atoms with E-state index in [0.717, 1.165) is 27.1 Å². The Labute approximate surface area is 129 Å². The van der Waals surface area contributed by atoms with Crippen molar-refractivity contribution in [1.82, 2.24) is 0 Å². The van der Waals surface area contributed by atoms with Crippen molar-refractivity contribution in [3.05, 3.63) is 53.1 Å². The maximum atomic E-state index is 5.77. The summed E-state index contributed by atoms with van der Waals surface area (Å²) < 4.78 is 13.8.